The second-order valence-electron chi connectivity index (χ2n) is 4.69. The summed E-state index contributed by atoms with van der Waals surface area (Å²) in [5, 5.41) is 20.1. The predicted octanol–water partition coefficient (Wildman–Crippen LogP) is 1.75. The van der Waals surface area contributed by atoms with Crippen LogP contribution in [0.4, 0.5) is 11.4 Å². The summed E-state index contributed by atoms with van der Waals surface area (Å²) in [6, 6.07) is 3.38. The first-order valence-electron chi connectivity index (χ1n) is 6.08. The SMILES string of the molecule is CC1=CC(=NNc2ccc(S(N)(=O)=O)cc2[N+](=O)[O-])CC1. The summed E-state index contributed by atoms with van der Waals surface area (Å²) in [6.07, 6.45) is 3.58. The molecule has 1 aliphatic rings. The molecule has 8 nitrogen and oxygen atoms in total. The number of nitrogens with two attached hydrogens (primary N) is 1. The van der Waals surface area contributed by atoms with Crippen LogP contribution in [0.25, 0.3) is 0 Å². The minimum Gasteiger partial charge on any atom is -0.271 e. The van der Waals surface area contributed by atoms with Crippen LogP contribution in [0.2, 0.25) is 0 Å². The average Bonchev–Trinajstić information content (AvgIpc) is 2.80. The van der Waals surface area contributed by atoms with Crippen LogP contribution in [0.15, 0.2) is 39.8 Å². The third kappa shape index (κ3) is 3.64. The van der Waals surface area contributed by atoms with Gasteiger partial charge in [-0.2, -0.15) is 5.10 Å². The molecule has 0 aromatic heterocycles. The number of hydrazone groups is 1. The summed E-state index contributed by atoms with van der Waals surface area (Å²) in [5.74, 6) is 0. The first kappa shape index (κ1) is 15.1. The molecular formula is C12H14N4O4S. The van der Waals surface area contributed by atoms with Crippen molar-refractivity contribution in [3.63, 3.8) is 0 Å². The maximum atomic E-state index is 11.2. The molecular weight excluding hydrogens is 296 g/mol. The van der Waals surface area contributed by atoms with Crippen molar-refractivity contribution >= 4 is 27.1 Å². The van der Waals surface area contributed by atoms with Gasteiger partial charge in [0.1, 0.15) is 5.69 Å². The van der Waals surface area contributed by atoms with Gasteiger partial charge in [0.2, 0.25) is 10.0 Å². The lowest BCUT2D eigenvalue weighted by Crippen LogP contribution is -2.12. The molecule has 0 radical (unpaired) electrons. The first-order chi connectivity index (χ1) is 9.77. The van der Waals surface area contributed by atoms with Gasteiger partial charge in [-0.1, -0.05) is 5.57 Å². The van der Waals surface area contributed by atoms with E-state index in [1.165, 1.54) is 17.7 Å². The van der Waals surface area contributed by atoms with E-state index in [2.05, 4.69) is 10.5 Å². The van der Waals surface area contributed by atoms with Crippen LogP contribution in [-0.2, 0) is 10.0 Å². The molecule has 0 bridgehead atoms. The second-order valence-corrected chi connectivity index (χ2v) is 6.25. The summed E-state index contributed by atoms with van der Waals surface area (Å²) < 4.78 is 22.4. The summed E-state index contributed by atoms with van der Waals surface area (Å²) in [6.45, 7) is 1.98. The van der Waals surface area contributed by atoms with Crippen LogP contribution >= 0.6 is 0 Å². The lowest BCUT2D eigenvalue weighted by molar-refractivity contribution is -0.384. The average molecular weight is 310 g/mol. The van der Waals surface area contributed by atoms with Gasteiger partial charge in [0.25, 0.3) is 5.69 Å². The Hall–Kier alpha value is -2.26. The Labute approximate surface area is 121 Å². The van der Waals surface area contributed by atoms with Crippen molar-refractivity contribution in [1.82, 2.24) is 0 Å². The fourth-order valence-corrected chi connectivity index (χ4v) is 2.44. The lowest BCUT2D eigenvalue weighted by atomic mass is 10.3. The summed E-state index contributed by atoms with van der Waals surface area (Å²) in [5.41, 5.74) is 4.29. The van der Waals surface area contributed by atoms with Crippen molar-refractivity contribution in [3.05, 3.63) is 40.0 Å². The van der Waals surface area contributed by atoms with Crippen molar-refractivity contribution in [2.45, 2.75) is 24.7 Å². The van der Waals surface area contributed by atoms with Crippen molar-refractivity contribution in [2.75, 3.05) is 5.43 Å². The van der Waals surface area contributed by atoms with Crippen LogP contribution in [0, 0.1) is 10.1 Å². The van der Waals surface area contributed by atoms with Crippen LogP contribution < -0.4 is 10.6 Å². The van der Waals surface area contributed by atoms with Crippen molar-refractivity contribution in [3.8, 4) is 0 Å². The van der Waals surface area contributed by atoms with E-state index in [4.69, 9.17) is 5.14 Å². The number of hydrogen-bond donors (Lipinski definition) is 2. The number of nitrogens with zero attached hydrogens (tertiary/aromatic N) is 2. The highest BCUT2D eigenvalue weighted by atomic mass is 32.2. The van der Waals surface area contributed by atoms with Gasteiger partial charge in [0.15, 0.2) is 0 Å². The maximum Gasteiger partial charge on any atom is 0.295 e. The number of rotatable bonds is 4. The zero-order valence-electron chi connectivity index (χ0n) is 11.2. The smallest absolute Gasteiger partial charge is 0.271 e. The quantitative estimate of drug-likeness (QED) is 0.646. The molecule has 112 valence electrons. The molecule has 0 saturated heterocycles. The van der Waals surface area contributed by atoms with E-state index in [0.717, 1.165) is 24.6 Å². The van der Waals surface area contributed by atoms with Crippen LogP contribution in [0.3, 0.4) is 0 Å². The molecule has 0 saturated carbocycles. The largest absolute Gasteiger partial charge is 0.295 e. The van der Waals surface area contributed by atoms with E-state index in [9.17, 15) is 18.5 Å². The van der Waals surface area contributed by atoms with Gasteiger partial charge in [-0.15, -0.1) is 0 Å². The maximum absolute atomic E-state index is 11.2. The molecule has 0 atom stereocenters. The normalized spacial score (nSPS) is 16.9. The van der Waals surface area contributed by atoms with E-state index < -0.39 is 20.6 Å². The number of nitrogens with one attached hydrogen (secondary N) is 1. The van der Waals surface area contributed by atoms with Crippen LogP contribution in [0.5, 0.6) is 0 Å². The predicted molar refractivity (Wildman–Crippen MR) is 78.5 cm³/mol. The van der Waals surface area contributed by atoms with Crippen LogP contribution in [0.1, 0.15) is 19.8 Å². The molecule has 0 spiro atoms. The highest BCUT2D eigenvalue weighted by molar-refractivity contribution is 7.89. The zero-order valence-corrected chi connectivity index (χ0v) is 12.1. The highest BCUT2D eigenvalue weighted by Gasteiger charge is 2.19. The number of nitro benzene ring substituents is 1. The monoisotopic (exact) mass is 310 g/mol. The Morgan fingerprint density at radius 2 is 2.10 bits per heavy atom. The third-order valence-corrected chi connectivity index (χ3v) is 3.91. The van der Waals surface area contributed by atoms with Gasteiger partial charge in [0, 0.05) is 6.07 Å². The number of nitro groups is 1. The Bertz CT molecular complexity index is 753. The topological polar surface area (TPSA) is 128 Å². The standard InChI is InChI=1S/C12H14N4O4S/c1-8-2-3-9(6-8)14-15-11-5-4-10(21(13,19)20)7-12(11)16(17)18/h4-7,15H,2-3H2,1H3,(H2,13,19,20). The minimum atomic E-state index is -3.99. The number of benzene rings is 1. The van der Waals surface area contributed by atoms with E-state index in [1.807, 2.05) is 13.0 Å². The number of sulfonamides is 1. The summed E-state index contributed by atoms with van der Waals surface area (Å²) >= 11 is 0. The Kier molecular flexibility index (Phi) is 4.05. The Morgan fingerprint density at radius 3 is 2.62 bits per heavy atom. The molecule has 1 aromatic carbocycles. The summed E-state index contributed by atoms with van der Waals surface area (Å²) in [7, 11) is -3.99. The fourth-order valence-electron chi connectivity index (χ4n) is 1.91. The molecule has 9 heteroatoms. The van der Waals surface area contributed by atoms with Gasteiger partial charge in [0.05, 0.1) is 15.5 Å². The van der Waals surface area contributed by atoms with Crippen molar-refractivity contribution in [1.29, 1.82) is 0 Å². The molecule has 0 fully saturated rings. The highest BCUT2D eigenvalue weighted by Crippen LogP contribution is 2.27. The molecule has 1 aromatic rings. The van der Waals surface area contributed by atoms with E-state index in [0.29, 0.717) is 0 Å². The molecule has 0 heterocycles. The minimum absolute atomic E-state index is 0.109. The lowest BCUT2D eigenvalue weighted by Gasteiger charge is -2.05. The van der Waals surface area contributed by atoms with Crippen molar-refractivity contribution in [2.24, 2.45) is 10.2 Å². The van der Waals surface area contributed by atoms with E-state index >= 15 is 0 Å². The second kappa shape index (κ2) is 5.62. The molecule has 2 rings (SSSR count). The molecule has 3 N–H and O–H groups in total. The molecule has 0 aliphatic heterocycles. The third-order valence-electron chi connectivity index (χ3n) is 3.00. The molecule has 21 heavy (non-hydrogen) atoms. The fraction of sp³-hybridized carbons (Fsp3) is 0.250. The Morgan fingerprint density at radius 1 is 1.38 bits per heavy atom. The zero-order chi connectivity index (χ0) is 15.6. The molecule has 0 amide bonds. The number of hydrogen-bond acceptors (Lipinski definition) is 6. The summed E-state index contributed by atoms with van der Waals surface area (Å²) in [4.78, 5) is 10.0. The first-order valence-corrected chi connectivity index (χ1v) is 7.63. The number of primary sulfonamides is 1. The molecule has 0 unspecified atom stereocenters. The number of anilines is 1. The van der Waals surface area contributed by atoms with E-state index in [1.54, 1.807) is 0 Å². The number of allylic oxidation sites excluding steroid dienone is 2. The Balaban J connectivity index is 2.34. The van der Waals surface area contributed by atoms with Crippen molar-refractivity contribution < 1.29 is 13.3 Å². The van der Waals surface area contributed by atoms with E-state index in [-0.39, 0.29) is 10.6 Å². The molecule has 1 aliphatic carbocycles. The van der Waals surface area contributed by atoms with Gasteiger partial charge in [-0.3, -0.25) is 15.5 Å². The van der Waals surface area contributed by atoms with Gasteiger partial charge in [-0.05, 0) is 38.0 Å². The van der Waals surface area contributed by atoms with Crippen LogP contribution in [-0.4, -0.2) is 19.1 Å². The van der Waals surface area contributed by atoms with Gasteiger partial charge < -0.3 is 0 Å². The van der Waals surface area contributed by atoms with Gasteiger partial charge >= 0.3 is 0 Å². The van der Waals surface area contributed by atoms with Gasteiger partial charge in [-0.25, -0.2) is 13.6 Å².